The zero-order chi connectivity index (χ0) is 15.9. The summed E-state index contributed by atoms with van der Waals surface area (Å²) in [4.78, 5) is 27.0. The van der Waals surface area contributed by atoms with E-state index in [-0.39, 0.29) is 23.8 Å². The van der Waals surface area contributed by atoms with Crippen molar-refractivity contribution >= 4 is 11.8 Å². The molecule has 1 atom stereocenters. The number of hydrogen-bond donors (Lipinski definition) is 1. The Kier molecular flexibility index (Phi) is 6.68. The van der Waals surface area contributed by atoms with E-state index in [0.29, 0.717) is 38.6 Å². The highest BCUT2D eigenvalue weighted by Crippen LogP contribution is 2.24. The summed E-state index contributed by atoms with van der Waals surface area (Å²) < 4.78 is 5.31. The van der Waals surface area contributed by atoms with E-state index >= 15 is 0 Å². The number of morpholine rings is 1. The zero-order valence-electron chi connectivity index (χ0n) is 14.0. The molecule has 0 aromatic heterocycles. The van der Waals surface area contributed by atoms with Gasteiger partial charge in [-0.2, -0.15) is 0 Å². The lowest BCUT2D eigenvalue weighted by Gasteiger charge is -2.32. The minimum Gasteiger partial charge on any atom is -0.378 e. The molecule has 2 amide bonds. The van der Waals surface area contributed by atoms with Crippen LogP contribution in [0.15, 0.2) is 0 Å². The lowest BCUT2D eigenvalue weighted by molar-refractivity contribution is -0.141. The van der Waals surface area contributed by atoms with Crippen molar-refractivity contribution in [1.29, 1.82) is 0 Å². The predicted octanol–water partition coefficient (Wildman–Crippen LogP) is 1.96. The zero-order valence-corrected chi connectivity index (χ0v) is 14.0. The van der Waals surface area contributed by atoms with E-state index in [2.05, 4.69) is 19.2 Å². The van der Waals surface area contributed by atoms with Gasteiger partial charge in [0.15, 0.2) is 0 Å². The van der Waals surface area contributed by atoms with Crippen molar-refractivity contribution in [2.24, 2.45) is 11.8 Å². The second-order valence-corrected chi connectivity index (χ2v) is 6.96. The fourth-order valence-corrected chi connectivity index (χ4v) is 3.35. The molecular formula is C17H30N2O3. The number of amides is 2. The van der Waals surface area contributed by atoms with E-state index < -0.39 is 0 Å². The molecule has 2 aliphatic rings. The Morgan fingerprint density at radius 2 is 1.77 bits per heavy atom. The molecule has 0 spiro atoms. The van der Waals surface area contributed by atoms with Crippen LogP contribution in [0.25, 0.3) is 0 Å². The Labute approximate surface area is 133 Å². The molecule has 0 unspecified atom stereocenters. The quantitative estimate of drug-likeness (QED) is 0.844. The third-order valence-electron chi connectivity index (χ3n) is 4.62. The van der Waals surface area contributed by atoms with Gasteiger partial charge in [0.05, 0.1) is 13.2 Å². The standard InChI is InChI=1S/C17H30N2O3/c1-13(2)12-15(17(21)19-8-10-22-11-9-19)18-16(20)14-6-4-3-5-7-14/h13-15H,3-12H2,1-2H3,(H,18,20)/t15-/m1/s1. The van der Waals surface area contributed by atoms with Crippen LogP contribution in [0.4, 0.5) is 0 Å². The van der Waals surface area contributed by atoms with Crippen LogP contribution in [0.1, 0.15) is 52.4 Å². The minimum absolute atomic E-state index is 0.0566. The Bertz CT molecular complexity index is 372. The van der Waals surface area contributed by atoms with Crippen LogP contribution >= 0.6 is 0 Å². The van der Waals surface area contributed by atoms with Crippen LogP contribution in [0.2, 0.25) is 0 Å². The molecule has 1 heterocycles. The maximum atomic E-state index is 12.7. The van der Waals surface area contributed by atoms with E-state index in [1.807, 2.05) is 4.90 Å². The van der Waals surface area contributed by atoms with E-state index in [4.69, 9.17) is 4.74 Å². The third kappa shape index (κ3) is 4.97. The molecule has 2 rings (SSSR count). The number of carbonyl (C=O) groups is 2. The van der Waals surface area contributed by atoms with Crippen molar-refractivity contribution in [3.8, 4) is 0 Å². The number of hydrogen-bond acceptors (Lipinski definition) is 3. The minimum atomic E-state index is -0.382. The fourth-order valence-electron chi connectivity index (χ4n) is 3.35. The van der Waals surface area contributed by atoms with Crippen LogP contribution in [-0.4, -0.2) is 49.1 Å². The van der Waals surface area contributed by atoms with E-state index in [1.54, 1.807) is 0 Å². The van der Waals surface area contributed by atoms with Gasteiger partial charge in [-0.25, -0.2) is 0 Å². The summed E-state index contributed by atoms with van der Waals surface area (Å²) in [6, 6.07) is -0.382. The van der Waals surface area contributed by atoms with Gasteiger partial charge in [0.1, 0.15) is 6.04 Å². The van der Waals surface area contributed by atoms with Crippen molar-refractivity contribution in [1.82, 2.24) is 10.2 Å². The van der Waals surface area contributed by atoms with Crippen molar-refractivity contribution < 1.29 is 14.3 Å². The highest BCUT2D eigenvalue weighted by molar-refractivity contribution is 5.88. The Morgan fingerprint density at radius 3 is 2.36 bits per heavy atom. The van der Waals surface area contributed by atoms with E-state index in [1.165, 1.54) is 6.42 Å². The number of carbonyl (C=O) groups excluding carboxylic acids is 2. The Hall–Kier alpha value is -1.10. The van der Waals surface area contributed by atoms with Crippen molar-refractivity contribution in [3.63, 3.8) is 0 Å². The molecule has 22 heavy (non-hydrogen) atoms. The average molecular weight is 310 g/mol. The lowest BCUT2D eigenvalue weighted by Crippen LogP contribution is -2.53. The van der Waals surface area contributed by atoms with Gasteiger partial charge in [-0.1, -0.05) is 33.1 Å². The predicted molar refractivity (Wildman–Crippen MR) is 85.4 cm³/mol. The van der Waals surface area contributed by atoms with Crippen molar-refractivity contribution in [3.05, 3.63) is 0 Å². The summed E-state index contributed by atoms with van der Waals surface area (Å²) >= 11 is 0. The molecule has 1 aliphatic carbocycles. The van der Waals surface area contributed by atoms with Crippen LogP contribution in [-0.2, 0) is 14.3 Å². The molecule has 5 nitrogen and oxygen atoms in total. The number of rotatable bonds is 5. The molecule has 1 saturated carbocycles. The van der Waals surface area contributed by atoms with Gasteiger partial charge in [0.2, 0.25) is 11.8 Å². The molecule has 2 fully saturated rings. The molecule has 126 valence electrons. The number of nitrogens with zero attached hydrogens (tertiary/aromatic N) is 1. The summed E-state index contributed by atoms with van der Waals surface area (Å²) in [7, 11) is 0. The van der Waals surface area contributed by atoms with E-state index in [0.717, 1.165) is 25.7 Å². The maximum absolute atomic E-state index is 12.7. The number of ether oxygens (including phenoxy) is 1. The van der Waals surface area contributed by atoms with Crippen molar-refractivity contribution in [2.75, 3.05) is 26.3 Å². The van der Waals surface area contributed by atoms with Gasteiger partial charge in [0.25, 0.3) is 0 Å². The van der Waals surface area contributed by atoms with Gasteiger partial charge >= 0.3 is 0 Å². The highest BCUT2D eigenvalue weighted by Gasteiger charge is 2.30. The topological polar surface area (TPSA) is 58.6 Å². The smallest absolute Gasteiger partial charge is 0.245 e. The maximum Gasteiger partial charge on any atom is 0.245 e. The Balaban J connectivity index is 1.95. The normalized spacial score (nSPS) is 21.7. The van der Waals surface area contributed by atoms with Crippen LogP contribution < -0.4 is 5.32 Å². The van der Waals surface area contributed by atoms with Gasteiger partial charge < -0.3 is 15.0 Å². The molecule has 0 aromatic rings. The third-order valence-corrected chi connectivity index (χ3v) is 4.62. The van der Waals surface area contributed by atoms with Gasteiger partial charge in [-0.15, -0.1) is 0 Å². The summed E-state index contributed by atoms with van der Waals surface area (Å²) in [5.41, 5.74) is 0. The molecule has 1 aliphatic heterocycles. The second kappa shape index (κ2) is 8.51. The number of nitrogens with one attached hydrogen (secondary N) is 1. The monoisotopic (exact) mass is 310 g/mol. The summed E-state index contributed by atoms with van der Waals surface area (Å²) in [5.74, 6) is 0.607. The summed E-state index contributed by atoms with van der Waals surface area (Å²) in [6.45, 7) is 6.63. The summed E-state index contributed by atoms with van der Waals surface area (Å²) in [5, 5.41) is 3.04. The van der Waals surface area contributed by atoms with Crippen LogP contribution in [0, 0.1) is 11.8 Å². The largest absolute Gasteiger partial charge is 0.378 e. The first-order valence-corrected chi connectivity index (χ1v) is 8.75. The van der Waals surface area contributed by atoms with Crippen molar-refractivity contribution in [2.45, 2.75) is 58.4 Å². The highest BCUT2D eigenvalue weighted by atomic mass is 16.5. The average Bonchev–Trinajstić information content (AvgIpc) is 2.54. The SMILES string of the molecule is CC(C)C[C@@H](NC(=O)C1CCCCC1)C(=O)N1CCOCC1. The van der Waals surface area contributed by atoms with Gasteiger partial charge in [-0.3, -0.25) is 9.59 Å². The van der Waals surface area contributed by atoms with Gasteiger partial charge in [-0.05, 0) is 25.2 Å². The fraction of sp³-hybridized carbons (Fsp3) is 0.882. The second-order valence-electron chi connectivity index (χ2n) is 6.96. The first kappa shape index (κ1) is 17.3. The first-order chi connectivity index (χ1) is 10.6. The molecule has 0 aromatic carbocycles. The molecular weight excluding hydrogens is 280 g/mol. The van der Waals surface area contributed by atoms with Gasteiger partial charge in [0, 0.05) is 19.0 Å². The lowest BCUT2D eigenvalue weighted by atomic mass is 9.88. The molecule has 1 N–H and O–H groups in total. The summed E-state index contributed by atoms with van der Waals surface area (Å²) in [6.07, 6.45) is 6.12. The first-order valence-electron chi connectivity index (χ1n) is 8.75. The van der Waals surface area contributed by atoms with E-state index in [9.17, 15) is 9.59 Å². The molecule has 1 saturated heterocycles. The molecule has 0 bridgehead atoms. The Morgan fingerprint density at radius 1 is 1.14 bits per heavy atom. The van der Waals surface area contributed by atoms with Crippen LogP contribution in [0.3, 0.4) is 0 Å². The van der Waals surface area contributed by atoms with Crippen LogP contribution in [0.5, 0.6) is 0 Å². The molecule has 5 heteroatoms. The molecule has 0 radical (unpaired) electrons.